The molecule has 0 bridgehead atoms. The molecular formula is C26H32Br2N2O4. The summed E-state index contributed by atoms with van der Waals surface area (Å²) in [6.07, 6.45) is 5.30. The fraction of sp³-hybridized carbons (Fsp3) is 0.462. The summed E-state index contributed by atoms with van der Waals surface area (Å²) < 4.78 is 13.2. The Bertz CT molecular complexity index is 919. The van der Waals surface area contributed by atoms with Crippen LogP contribution in [0.3, 0.4) is 0 Å². The third kappa shape index (κ3) is 7.22. The molecule has 2 aromatic rings. The minimum atomic E-state index is -0.201. The number of nitrogens with one attached hydrogen (secondary N) is 2. The summed E-state index contributed by atoms with van der Waals surface area (Å²) in [5.41, 5.74) is 0.974. The standard InChI is InChI=1S/C26H32Br2N2O4/c1-3-13-33-23-11-9-17(27)15-19(23)25(31)29-21-7-5-6-8-22(21)30-26(32)20-16-18(28)10-12-24(20)34-14-4-2/h9-12,15-16,21-22H,3-8,13-14H2,1-2H3,(H,29,31)(H,30,32). The van der Waals surface area contributed by atoms with Gasteiger partial charge in [0.2, 0.25) is 0 Å². The molecule has 34 heavy (non-hydrogen) atoms. The smallest absolute Gasteiger partial charge is 0.255 e. The van der Waals surface area contributed by atoms with Gasteiger partial charge in [-0.15, -0.1) is 0 Å². The molecule has 0 saturated heterocycles. The van der Waals surface area contributed by atoms with E-state index in [1.165, 1.54) is 0 Å². The van der Waals surface area contributed by atoms with Gasteiger partial charge in [0.15, 0.2) is 0 Å². The maximum absolute atomic E-state index is 13.2. The molecule has 2 unspecified atom stereocenters. The Labute approximate surface area is 218 Å². The van der Waals surface area contributed by atoms with E-state index in [1.807, 2.05) is 26.0 Å². The Kier molecular flexibility index (Phi) is 10.3. The van der Waals surface area contributed by atoms with E-state index in [9.17, 15) is 9.59 Å². The predicted octanol–water partition coefficient (Wildman–Crippen LogP) is 6.26. The van der Waals surface area contributed by atoms with Crippen LogP contribution in [0.2, 0.25) is 0 Å². The lowest BCUT2D eigenvalue weighted by molar-refractivity contribution is 0.0858. The van der Waals surface area contributed by atoms with Crippen LogP contribution < -0.4 is 20.1 Å². The number of carbonyl (C=O) groups excluding carboxylic acids is 2. The second-order valence-corrected chi connectivity index (χ2v) is 10.3. The van der Waals surface area contributed by atoms with Crippen molar-refractivity contribution in [2.75, 3.05) is 13.2 Å². The highest BCUT2D eigenvalue weighted by atomic mass is 79.9. The van der Waals surface area contributed by atoms with Crippen LogP contribution in [-0.2, 0) is 0 Å². The molecule has 1 aliphatic rings. The van der Waals surface area contributed by atoms with E-state index < -0.39 is 0 Å². The molecule has 0 spiro atoms. The molecule has 2 atom stereocenters. The van der Waals surface area contributed by atoms with E-state index in [-0.39, 0.29) is 23.9 Å². The highest BCUT2D eigenvalue weighted by Crippen LogP contribution is 2.27. The van der Waals surface area contributed by atoms with Crippen LogP contribution in [0.1, 0.15) is 73.1 Å². The molecule has 0 heterocycles. The number of carbonyl (C=O) groups is 2. The van der Waals surface area contributed by atoms with Crippen molar-refractivity contribution < 1.29 is 19.1 Å². The van der Waals surface area contributed by atoms with Gasteiger partial charge in [0.25, 0.3) is 11.8 Å². The highest BCUT2D eigenvalue weighted by Gasteiger charge is 2.30. The van der Waals surface area contributed by atoms with Crippen LogP contribution in [0.15, 0.2) is 45.3 Å². The highest BCUT2D eigenvalue weighted by molar-refractivity contribution is 9.10. The van der Waals surface area contributed by atoms with Crippen molar-refractivity contribution in [1.82, 2.24) is 10.6 Å². The third-order valence-electron chi connectivity index (χ3n) is 5.69. The summed E-state index contributed by atoms with van der Waals surface area (Å²) in [4.78, 5) is 26.4. The first-order chi connectivity index (χ1) is 16.4. The first kappa shape index (κ1) is 26.5. The van der Waals surface area contributed by atoms with Gasteiger partial charge in [-0.2, -0.15) is 0 Å². The van der Waals surface area contributed by atoms with Gasteiger partial charge in [-0.25, -0.2) is 0 Å². The monoisotopic (exact) mass is 594 g/mol. The molecule has 0 radical (unpaired) electrons. The summed E-state index contributed by atoms with van der Waals surface area (Å²) >= 11 is 6.90. The number of rotatable bonds is 10. The minimum Gasteiger partial charge on any atom is -0.493 e. The quantitative estimate of drug-likeness (QED) is 0.340. The number of hydrogen-bond donors (Lipinski definition) is 2. The Hall–Kier alpha value is -2.06. The van der Waals surface area contributed by atoms with Crippen LogP contribution in [0.4, 0.5) is 0 Å². The molecule has 1 fully saturated rings. The van der Waals surface area contributed by atoms with Crippen molar-refractivity contribution in [2.24, 2.45) is 0 Å². The molecule has 0 aliphatic heterocycles. The molecule has 6 nitrogen and oxygen atoms in total. The zero-order valence-electron chi connectivity index (χ0n) is 19.7. The van der Waals surface area contributed by atoms with E-state index in [1.54, 1.807) is 24.3 Å². The largest absolute Gasteiger partial charge is 0.493 e. The first-order valence-corrected chi connectivity index (χ1v) is 13.5. The lowest BCUT2D eigenvalue weighted by Crippen LogP contribution is -2.53. The summed E-state index contributed by atoms with van der Waals surface area (Å²) in [5, 5.41) is 6.30. The maximum Gasteiger partial charge on any atom is 0.255 e. The van der Waals surface area contributed by atoms with Crippen LogP contribution >= 0.6 is 31.9 Å². The van der Waals surface area contributed by atoms with Gasteiger partial charge < -0.3 is 20.1 Å². The van der Waals surface area contributed by atoms with E-state index in [4.69, 9.17) is 9.47 Å². The fourth-order valence-electron chi connectivity index (χ4n) is 4.00. The van der Waals surface area contributed by atoms with Crippen molar-refractivity contribution in [3.05, 3.63) is 56.5 Å². The van der Waals surface area contributed by atoms with E-state index in [0.29, 0.717) is 35.8 Å². The van der Waals surface area contributed by atoms with E-state index in [2.05, 4.69) is 42.5 Å². The van der Waals surface area contributed by atoms with E-state index >= 15 is 0 Å². The Morgan fingerprint density at radius 1 is 0.794 bits per heavy atom. The van der Waals surface area contributed by atoms with E-state index in [0.717, 1.165) is 47.5 Å². The van der Waals surface area contributed by atoms with Gasteiger partial charge in [-0.1, -0.05) is 58.5 Å². The lowest BCUT2D eigenvalue weighted by Gasteiger charge is -2.33. The average molecular weight is 596 g/mol. The molecule has 2 amide bonds. The van der Waals surface area contributed by atoms with Gasteiger partial charge in [0, 0.05) is 21.0 Å². The summed E-state index contributed by atoms with van der Waals surface area (Å²) in [5.74, 6) is 0.720. The lowest BCUT2D eigenvalue weighted by atomic mass is 9.89. The zero-order valence-corrected chi connectivity index (χ0v) is 22.8. The van der Waals surface area contributed by atoms with Gasteiger partial charge in [0.1, 0.15) is 11.5 Å². The second-order valence-electron chi connectivity index (χ2n) is 8.42. The number of amides is 2. The first-order valence-electron chi connectivity index (χ1n) is 11.9. The van der Waals surface area contributed by atoms with Gasteiger partial charge in [0.05, 0.1) is 24.3 Å². The normalized spacial score (nSPS) is 17.6. The van der Waals surface area contributed by atoms with Crippen LogP contribution in [0, 0.1) is 0 Å². The second kappa shape index (κ2) is 13.1. The Balaban J connectivity index is 1.75. The molecular weight excluding hydrogens is 564 g/mol. The topological polar surface area (TPSA) is 76.7 Å². The third-order valence-corrected chi connectivity index (χ3v) is 6.68. The zero-order chi connectivity index (χ0) is 24.5. The Morgan fingerprint density at radius 2 is 1.21 bits per heavy atom. The van der Waals surface area contributed by atoms with Crippen molar-refractivity contribution in [3.8, 4) is 11.5 Å². The molecule has 2 aromatic carbocycles. The van der Waals surface area contributed by atoms with Gasteiger partial charge in [-0.05, 0) is 62.1 Å². The maximum atomic E-state index is 13.2. The van der Waals surface area contributed by atoms with Crippen molar-refractivity contribution >= 4 is 43.7 Å². The van der Waals surface area contributed by atoms with Crippen LogP contribution in [-0.4, -0.2) is 37.1 Å². The molecule has 2 N–H and O–H groups in total. The fourth-order valence-corrected chi connectivity index (χ4v) is 4.73. The minimum absolute atomic E-state index is 0.171. The number of benzene rings is 2. The molecule has 1 saturated carbocycles. The molecule has 3 rings (SSSR count). The van der Waals surface area contributed by atoms with Gasteiger partial charge >= 0.3 is 0 Å². The molecule has 184 valence electrons. The van der Waals surface area contributed by atoms with Crippen LogP contribution in [0.25, 0.3) is 0 Å². The SMILES string of the molecule is CCCOc1ccc(Br)cc1C(=O)NC1CCCCC1NC(=O)c1cc(Br)ccc1OCCC. The molecule has 0 aromatic heterocycles. The average Bonchev–Trinajstić information content (AvgIpc) is 2.83. The number of hydrogen-bond acceptors (Lipinski definition) is 4. The summed E-state index contributed by atoms with van der Waals surface area (Å²) in [6.45, 7) is 5.13. The summed E-state index contributed by atoms with van der Waals surface area (Å²) in [6, 6.07) is 10.5. The van der Waals surface area contributed by atoms with Crippen molar-refractivity contribution in [3.63, 3.8) is 0 Å². The van der Waals surface area contributed by atoms with Gasteiger partial charge in [-0.3, -0.25) is 9.59 Å². The predicted molar refractivity (Wildman–Crippen MR) is 141 cm³/mol. The molecule has 1 aliphatic carbocycles. The Morgan fingerprint density at radius 3 is 1.59 bits per heavy atom. The van der Waals surface area contributed by atoms with Crippen molar-refractivity contribution in [2.45, 2.75) is 64.5 Å². The number of ether oxygens (including phenoxy) is 2. The van der Waals surface area contributed by atoms with Crippen molar-refractivity contribution in [1.29, 1.82) is 0 Å². The molecule has 8 heteroatoms. The van der Waals surface area contributed by atoms with Crippen LogP contribution in [0.5, 0.6) is 11.5 Å². The number of halogens is 2. The summed E-state index contributed by atoms with van der Waals surface area (Å²) in [7, 11) is 0.